The molecule has 1 aromatic heterocycles. The lowest BCUT2D eigenvalue weighted by molar-refractivity contribution is -0.130. The molecule has 3 rings (SSSR count). The van der Waals surface area contributed by atoms with Gasteiger partial charge in [-0.3, -0.25) is 9.59 Å². The van der Waals surface area contributed by atoms with Crippen molar-refractivity contribution in [2.75, 3.05) is 32.1 Å². The van der Waals surface area contributed by atoms with Crippen molar-refractivity contribution >= 4 is 40.6 Å². The maximum atomic E-state index is 12.9. The topological polar surface area (TPSA) is 80.3 Å². The highest BCUT2D eigenvalue weighted by molar-refractivity contribution is 7.17. The number of amides is 1. The lowest BCUT2D eigenvalue weighted by Gasteiger charge is -2.35. The summed E-state index contributed by atoms with van der Waals surface area (Å²) in [5.41, 5.74) is 0.240. The minimum Gasteiger partial charge on any atom is -0.384 e. The summed E-state index contributed by atoms with van der Waals surface area (Å²) < 4.78 is 5.31. The Labute approximate surface area is 158 Å². The van der Waals surface area contributed by atoms with Crippen LogP contribution in [0.15, 0.2) is 0 Å². The fourth-order valence-electron chi connectivity index (χ4n) is 3.62. The molecule has 0 aromatic carbocycles. The molecule has 0 bridgehead atoms. The van der Waals surface area contributed by atoms with E-state index in [9.17, 15) is 9.59 Å². The maximum absolute atomic E-state index is 12.9. The molecule has 0 spiro atoms. The first-order valence-corrected chi connectivity index (χ1v) is 9.21. The Morgan fingerprint density at radius 1 is 1.32 bits per heavy atom. The summed E-state index contributed by atoms with van der Waals surface area (Å²) in [5, 5.41) is 6.76. The molecule has 25 heavy (non-hydrogen) atoms. The molecule has 2 N–H and O–H groups in total. The number of aromatic nitrogens is 1. The number of hydrogen-bond donors (Lipinski definition) is 2. The van der Waals surface area contributed by atoms with E-state index in [1.54, 1.807) is 7.11 Å². The van der Waals surface area contributed by atoms with Crippen LogP contribution < -0.4 is 10.6 Å². The standard InChI is InChI=1S/C17H25N3O3S.ClH/c1-16(2)8-11-13(12(21)9-16)24-15(19-11)20-14(22)17(10-23-3)4-6-18-7-5-17;/h18H,4-10H2,1-3H3,(H,19,20,22);1H. The number of Topliss-reactive ketones (excluding diaryl/α,β-unsaturated/α-hetero) is 1. The number of halogens is 1. The molecule has 1 aromatic rings. The van der Waals surface area contributed by atoms with E-state index in [0.717, 1.165) is 38.0 Å². The Bertz CT molecular complexity index is 648. The highest BCUT2D eigenvalue weighted by atomic mass is 35.5. The summed E-state index contributed by atoms with van der Waals surface area (Å²) in [6.07, 6.45) is 2.79. The van der Waals surface area contributed by atoms with Crippen LogP contribution >= 0.6 is 23.7 Å². The number of carbonyl (C=O) groups excluding carboxylic acids is 2. The van der Waals surface area contributed by atoms with Gasteiger partial charge in [0.05, 0.1) is 22.6 Å². The van der Waals surface area contributed by atoms with Crippen LogP contribution in [0.1, 0.15) is 48.5 Å². The fourth-order valence-corrected chi connectivity index (χ4v) is 4.54. The number of nitrogens with one attached hydrogen (secondary N) is 2. The molecule has 1 saturated heterocycles. The smallest absolute Gasteiger partial charge is 0.234 e. The van der Waals surface area contributed by atoms with Gasteiger partial charge in [0.2, 0.25) is 5.91 Å². The highest BCUT2D eigenvalue weighted by Gasteiger charge is 2.41. The second kappa shape index (κ2) is 7.70. The predicted molar refractivity (Wildman–Crippen MR) is 101 cm³/mol. The Morgan fingerprint density at radius 3 is 2.64 bits per heavy atom. The SMILES string of the molecule is COCC1(C(=O)Nc2nc3c(s2)C(=O)CC(C)(C)C3)CCNCC1.Cl. The number of carbonyl (C=O) groups is 2. The number of hydrogen-bond acceptors (Lipinski definition) is 6. The zero-order valence-corrected chi connectivity index (χ0v) is 16.6. The zero-order chi connectivity index (χ0) is 17.4. The van der Waals surface area contributed by atoms with E-state index in [-0.39, 0.29) is 29.5 Å². The number of fused-ring (bicyclic) bond motifs is 1. The van der Waals surface area contributed by atoms with Gasteiger partial charge < -0.3 is 15.4 Å². The summed E-state index contributed by atoms with van der Waals surface area (Å²) in [6.45, 7) is 6.16. The van der Waals surface area contributed by atoms with Crippen LogP contribution in [0.4, 0.5) is 5.13 Å². The number of ether oxygens (including phenoxy) is 1. The minimum atomic E-state index is -0.518. The first kappa shape index (κ1) is 20.3. The van der Waals surface area contributed by atoms with Crippen LogP contribution in [-0.4, -0.2) is 43.5 Å². The second-order valence-corrected chi connectivity index (χ2v) is 8.65. The molecule has 1 aliphatic heterocycles. The zero-order valence-electron chi connectivity index (χ0n) is 14.9. The van der Waals surface area contributed by atoms with E-state index in [4.69, 9.17) is 4.74 Å². The molecule has 0 radical (unpaired) electrons. The van der Waals surface area contributed by atoms with Gasteiger partial charge in [-0.1, -0.05) is 25.2 Å². The normalized spacial score (nSPS) is 21.2. The molecule has 6 nitrogen and oxygen atoms in total. The van der Waals surface area contributed by atoms with E-state index < -0.39 is 5.41 Å². The van der Waals surface area contributed by atoms with Gasteiger partial charge in [0.15, 0.2) is 10.9 Å². The minimum absolute atomic E-state index is 0. The highest BCUT2D eigenvalue weighted by Crippen LogP contribution is 2.39. The van der Waals surface area contributed by atoms with Gasteiger partial charge in [0.25, 0.3) is 0 Å². The maximum Gasteiger partial charge on any atom is 0.234 e. The van der Waals surface area contributed by atoms with E-state index in [1.807, 2.05) is 0 Å². The van der Waals surface area contributed by atoms with Crippen molar-refractivity contribution in [3.05, 3.63) is 10.6 Å². The number of piperidine rings is 1. The molecule has 1 amide bonds. The van der Waals surface area contributed by atoms with Crippen molar-refractivity contribution in [2.24, 2.45) is 10.8 Å². The van der Waals surface area contributed by atoms with Gasteiger partial charge in [0, 0.05) is 13.5 Å². The number of ketones is 1. The van der Waals surface area contributed by atoms with Crippen molar-refractivity contribution in [3.8, 4) is 0 Å². The van der Waals surface area contributed by atoms with Gasteiger partial charge in [-0.05, 0) is 37.8 Å². The Hall–Kier alpha value is -1.02. The summed E-state index contributed by atoms with van der Waals surface area (Å²) in [4.78, 5) is 30.4. The average Bonchev–Trinajstić information content (AvgIpc) is 2.89. The first-order valence-electron chi connectivity index (χ1n) is 8.39. The van der Waals surface area contributed by atoms with Gasteiger partial charge in [0.1, 0.15) is 0 Å². The lowest BCUT2D eigenvalue weighted by atomic mass is 9.78. The van der Waals surface area contributed by atoms with Crippen LogP contribution in [0.2, 0.25) is 0 Å². The summed E-state index contributed by atoms with van der Waals surface area (Å²) in [7, 11) is 1.62. The van der Waals surface area contributed by atoms with Crippen molar-refractivity contribution in [1.82, 2.24) is 10.3 Å². The van der Waals surface area contributed by atoms with E-state index in [2.05, 4.69) is 29.5 Å². The molecular weight excluding hydrogens is 362 g/mol. The number of thiazole rings is 1. The van der Waals surface area contributed by atoms with E-state index in [0.29, 0.717) is 23.0 Å². The van der Waals surface area contributed by atoms with Crippen molar-refractivity contribution in [1.29, 1.82) is 0 Å². The van der Waals surface area contributed by atoms with Gasteiger partial charge in [-0.2, -0.15) is 0 Å². The average molecular weight is 388 g/mol. The van der Waals surface area contributed by atoms with Crippen molar-refractivity contribution < 1.29 is 14.3 Å². The molecule has 2 heterocycles. The Kier molecular flexibility index (Phi) is 6.25. The van der Waals surface area contributed by atoms with Crippen LogP contribution in [0.25, 0.3) is 0 Å². The lowest BCUT2D eigenvalue weighted by Crippen LogP contribution is -2.47. The third kappa shape index (κ3) is 4.22. The van der Waals surface area contributed by atoms with E-state index >= 15 is 0 Å². The molecule has 0 atom stereocenters. The fraction of sp³-hybridized carbons (Fsp3) is 0.706. The molecule has 0 saturated carbocycles. The number of rotatable bonds is 4. The largest absolute Gasteiger partial charge is 0.384 e. The monoisotopic (exact) mass is 387 g/mol. The van der Waals surface area contributed by atoms with Crippen LogP contribution in [0.5, 0.6) is 0 Å². The van der Waals surface area contributed by atoms with Crippen LogP contribution in [0, 0.1) is 10.8 Å². The van der Waals surface area contributed by atoms with Crippen molar-refractivity contribution in [2.45, 2.75) is 39.5 Å². The number of methoxy groups -OCH3 is 1. The molecule has 8 heteroatoms. The predicted octanol–water partition coefficient (Wildman–Crippen LogP) is 2.67. The molecule has 1 fully saturated rings. The molecule has 140 valence electrons. The van der Waals surface area contributed by atoms with Crippen molar-refractivity contribution in [3.63, 3.8) is 0 Å². The number of anilines is 1. The summed E-state index contributed by atoms with van der Waals surface area (Å²) in [5.74, 6) is 0.0800. The molecular formula is C17H26ClN3O3S. The van der Waals surface area contributed by atoms with Gasteiger partial charge in [-0.25, -0.2) is 4.98 Å². The van der Waals surface area contributed by atoms with Crippen LogP contribution in [-0.2, 0) is 16.0 Å². The van der Waals surface area contributed by atoms with Gasteiger partial charge in [-0.15, -0.1) is 12.4 Å². The third-order valence-corrected chi connectivity index (χ3v) is 5.97. The molecule has 1 aliphatic carbocycles. The summed E-state index contributed by atoms with van der Waals surface area (Å²) >= 11 is 1.30. The third-order valence-electron chi connectivity index (χ3n) is 4.92. The molecule has 2 aliphatic rings. The Morgan fingerprint density at radius 2 is 2.00 bits per heavy atom. The first-order chi connectivity index (χ1) is 11.4. The number of nitrogens with zero attached hydrogens (tertiary/aromatic N) is 1. The van der Waals surface area contributed by atoms with Crippen LogP contribution in [0.3, 0.4) is 0 Å². The quantitative estimate of drug-likeness (QED) is 0.830. The Balaban J connectivity index is 0.00000225. The summed E-state index contributed by atoms with van der Waals surface area (Å²) in [6, 6.07) is 0. The molecule has 0 unspecified atom stereocenters. The van der Waals surface area contributed by atoms with E-state index in [1.165, 1.54) is 11.3 Å². The second-order valence-electron chi connectivity index (χ2n) is 7.65. The van der Waals surface area contributed by atoms with Gasteiger partial charge >= 0.3 is 0 Å².